The van der Waals surface area contributed by atoms with Gasteiger partial charge in [-0.25, -0.2) is 0 Å². The lowest BCUT2D eigenvalue weighted by Gasteiger charge is -2.30. The SMILES string of the molecule is Brc1cc(Br)c(OCCC(Oc2c(Br)cc(Br)cc2Br)C(COc2c(Br)cc(Br)cc2Br)Oc2c(Br)cc(Br)cc2Br)c(Br)c1. The van der Waals surface area contributed by atoms with Crippen molar-refractivity contribution in [2.45, 2.75) is 18.6 Å². The van der Waals surface area contributed by atoms with Gasteiger partial charge in [0.2, 0.25) is 0 Å². The van der Waals surface area contributed by atoms with Gasteiger partial charge in [0.25, 0.3) is 0 Å². The topological polar surface area (TPSA) is 36.9 Å². The van der Waals surface area contributed by atoms with Crippen molar-refractivity contribution >= 4 is 191 Å². The first-order valence-corrected chi connectivity index (χ1v) is 21.9. The third-order valence-electron chi connectivity index (χ3n) is 5.85. The molecular weight excluding hydrogens is 1370 g/mol. The molecule has 0 spiro atoms. The minimum atomic E-state index is -0.621. The number of rotatable bonds is 12. The average molecular weight is 1390 g/mol. The van der Waals surface area contributed by atoms with Crippen LogP contribution in [-0.4, -0.2) is 25.4 Å². The molecule has 0 aliphatic carbocycles. The van der Waals surface area contributed by atoms with Crippen molar-refractivity contribution in [3.8, 4) is 23.0 Å². The maximum Gasteiger partial charge on any atom is 0.169 e. The third kappa shape index (κ3) is 11.2. The van der Waals surface area contributed by atoms with Crippen LogP contribution in [0.4, 0.5) is 0 Å². The zero-order chi connectivity index (χ0) is 33.0. The average Bonchev–Trinajstić information content (AvgIpc) is 2.91. The fourth-order valence-corrected chi connectivity index (χ4v) is 13.8. The lowest BCUT2D eigenvalue weighted by atomic mass is 10.1. The number of ether oxygens (including phenoxy) is 4. The zero-order valence-electron chi connectivity index (χ0n) is 22.1. The Hall–Kier alpha value is 1.84. The molecule has 0 fully saturated rings. The van der Waals surface area contributed by atoms with Crippen LogP contribution in [0.15, 0.2) is 102 Å². The third-order valence-corrected chi connectivity index (χ3v) is 12.4. The largest absolute Gasteiger partial charge is 0.491 e. The van der Waals surface area contributed by atoms with E-state index >= 15 is 0 Å². The second kappa shape index (κ2) is 18.4. The fourth-order valence-electron chi connectivity index (χ4n) is 3.90. The predicted molar refractivity (Wildman–Crippen MR) is 223 cm³/mol. The lowest BCUT2D eigenvalue weighted by molar-refractivity contribution is 0.0103. The first kappa shape index (κ1) is 39.6. The summed E-state index contributed by atoms with van der Waals surface area (Å²) in [4.78, 5) is 0. The summed E-state index contributed by atoms with van der Waals surface area (Å²) in [6, 6.07) is 15.4. The van der Waals surface area contributed by atoms with E-state index in [9.17, 15) is 0 Å². The highest BCUT2D eigenvalue weighted by atomic mass is 79.9. The standard InChI is InChI=1S/C29H16Br12O4/c30-12-3-16(34)26(17(35)4-12)42-2-1-24(44-28-20(38)7-14(32)8-21(28)39)25(45-29-22(40)9-15(33)10-23(29)41)11-43-27-18(36)5-13(31)6-19(27)37/h3-10,24-25H,1-2,11H2. The van der Waals surface area contributed by atoms with Gasteiger partial charge in [-0.2, -0.15) is 0 Å². The van der Waals surface area contributed by atoms with Gasteiger partial charge in [0, 0.05) is 24.3 Å². The number of halogens is 12. The van der Waals surface area contributed by atoms with Crippen LogP contribution >= 0.6 is 191 Å². The van der Waals surface area contributed by atoms with Crippen molar-refractivity contribution in [3.63, 3.8) is 0 Å². The summed E-state index contributed by atoms with van der Waals surface area (Å²) < 4.78 is 36.0. The molecule has 0 aliphatic rings. The van der Waals surface area contributed by atoms with E-state index in [1.165, 1.54) is 0 Å². The first-order valence-electron chi connectivity index (χ1n) is 12.4. The Bertz CT molecular complexity index is 1610. The molecule has 240 valence electrons. The van der Waals surface area contributed by atoms with Crippen LogP contribution in [0, 0.1) is 0 Å². The van der Waals surface area contributed by atoms with E-state index in [2.05, 4.69) is 191 Å². The first-order chi connectivity index (χ1) is 21.2. The summed E-state index contributed by atoms with van der Waals surface area (Å²) in [5.74, 6) is 2.52. The lowest BCUT2D eigenvalue weighted by Crippen LogP contribution is -2.42. The van der Waals surface area contributed by atoms with Gasteiger partial charge in [0.15, 0.2) is 6.10 Å². The summed E-state index contributed by atoms with van der Waals surface area (Å²) in [6.07, 6.45) is -0.738. The van der Waals surface area contributed by atoms with Crippen LogP contribution in [0.5, 0.6) is 23.0 Å². The minimum Gasteiger partial charge on any atom is -0.491 e. The highest BCUT2D eigenvalue weighted by Gasteiger charge is 2.31. The smallest absolute Gasteiger partial charge is 0.169 e. The van der Waals surface area contributed by atoms with Crippen molar-refractivity contribution in [2.75, 3.05) is 13.2 Å². The van der Waals surface area contributed by atoms with Crippen LogP contribution in [0.1, 0.15) is 6.42 Å². The van der Waals surface area contributed by atoms with E-state index in [0.717, 1.165) is 53.7 Å². The molecule has 4 aromatic carbocycles. The van der Waals surface area contributed by atoms with Crippen LogP contribution in [0.2, 0.25) is 0 Å². The van der Waals surface area contributed by atoms with Crippen molar-refractivity contribution in [1.82, 2.24) is 0 Å². The molecule has 0 saturated heterocycles. The molecule has 2 atom stereocenters. The second-order valence-electron chi connectivity index (χ2n) is 9.05. The molecule has 0 amide bonds. The number of benzene rings is 4. The molecule has 45 heavy (non-hydrogen) atoms. The van der Waals surface area contributed by atoms with Gasteiger partial charge in [-0.3, -0.25) is 0 Å². The van der Waals surface area contributed by atoms with E-state index in [1.54, 1.807) is 0 Å². The highest BCUT2D eigenvalue weighted by Crippen LogP contribution is 2.42. The number of hydrogen-bond donors (Lipinski definition) is 0. The molecule has 0 N–H and O–H groups in total. The molecule has 0 bridgehead atoms. The molecular formula is C29H16Br12O4. The Balaban J connectivity index is 1.73. The molecule has 2 unspecified atom stereocenters. The van der Waals surface area contributed by atoms with Crippen LogP contribution in [0.3, 0.4) is 0 Å². The zero-order valence-corrected chi connectivity index (χ0v) is 41.1. The normalized spacial score (nSPS) is 12.5. The highest BCUT2D eigenvalue weighted by molar-refractivity contribution is 9.13. The molecule has 16 heteroatoms. The van der Waals surface area contributed by atoms with Gasteiger partial charge in [-0.05, 0) is 176 Å². The maximum absolute atomic E-state index is 6.75. The summed E-state index contributed by atoms with van der Waals surface area (Å²) >= 11 is 43.2. The molecule has 4 rings (SSSR count). The van der Waals surface area contributed by atoms with E-state index in [0.29, 0.717) is 36.0 Å². The summed E-state index contributed by atoms with van der Waals surface area (Å²) in [7, 11) is 0. The monoisotopic (exact) mass is 1380 g/mol. The van der Waals surface area contributed by atoms with Crippen molar-refractivity contribution in [3.05, 3.63) is 102 Å². The van der Waals surface area contributed by atoms with Gasteiger partial charge in [-0.1, -0.05) is 63.7 Å². The maximum atomic E-state index is 6.75. The summed E-state index contributed by atoms with van der Waals surface area (Å²) in [5, 5.41) is 0. The molecule has 0 radical (unpaired) electrons. The predicted octanol–water partition coefficient (Wildman–Crippen LogP) is 15.6. The van der Waals surface area contributed by atoms with Gasteiger partial charge < -0.3 is 18.9 Å². The molecule has 0 aromatic heterocycles. The van der Waals surface area contributed by atoms with E-state index in [-0.39, 0.29) is 6.61 Å². The Morgan fingerprint density at radius 3 is 1.02 bits per heavy atom. The van der Waals surface area contributed by atoms with Crippen LogP contribution in [-0.2, 0) is 0 Å². The van der Waals surface area contributed by atoms with Crippen LogP contribution in [0.25, 0.3) is 0 Å². The fraction of sp³-hybridized carbons (Fsp3) is 0.172. The Morgan fingerprint density at radius 1 is 0.378 bits per heavy atom. The van der Waals surface area contributed by atoms with E-state index < -0.39 is 12.2 Å². The van der Waals surface area contributed by atoms with E-state index in [4.69, 9.17) is 18.9 Å². The Kier molecular flexibility index (Phi) is 16.2. The summed E-state index contributed by atoms with van der Waals surface area (Å²) in [6.45, 7) is 0.444. The molecule has 4 aromatic rings. The van der Waals surface area contributed by atoms with Crippen LogP contribution < -0.4 is 18.9 Å². The van der Waals surface area contributed by atoms with Crippen molar-refractivity contribution in [1.29, 1.82) is 0 Å². The van der Waals surface area contributed by atoms with Gasteiger partial charge in [0.05, 0.1) is 42.4 Å². The van der Waals surface area contributed by atoms with E-state index in [1.807, 2.05) is 48.5 Å². The van der Waals surface area contributed by atoms with Gasteiger partial charge >= 0.3 is 0 Å². The Morgan fingerprint density at radius 2 is 0.667 bits per heavy atom. The van der Waals surface area contributed by atoms with Crippen molar-refractivity contribution < 1.29 is 18.9 Å². The quantitative estimate of drug-likeness (QED) is 0.142. The van der Waals surface area contributed by atoms with Gasteiger partial charge in [0.1, 0.15) is 35.7 Å². The van der Waals surface area contributed by atoms with Crippen molar-refractivity contribution in [2.24, 2.45) is 0 Å². The molecule has 0 heterocycles. The Labute approximate surface area is 361 Å². The minimum absolute atomic E-state index is 0.135. The van der Waals surface area contributed by atoms with Gasteiger partial charge in [-0.15, -0.1) is 0 Å². The molecule has 0 aliphatic heterocycles. The molecule has 4 nitrogen and oxygen atoms in total. The summed E-state index contributed by atoms with van der Waals surface area (Å²) in [5.41, 5.74) is 0. The molecule has 0 saturated carbocycles. The second-order valence-corrected chi connectivity index (χ2v) is 19.6. The number of hydrogen-bond acceptors (Lipinski definition) is 4.